The summed E-state index contributed by atoms with van der Waals surface area (Å²) in [5.41, 5.74) is 2.64. The predicted octanol–water partition coefficient (Wildman–Crippen LogP) is 1.80. The van der Waals surface area contributed by atoms with Gasteiger partial charge < -0.3 is 24.1 Å². The van der Waals surface area contributed by atoms with Crippen LogP contribution in [0.15, 0.2) is 59.9 Å². The van der Waals surface area contributed by atoms with Crippen molar-refractivity contribution >= 4 is 39.4 Å². The van der Waals surface area contributed by atoms with Gasteiger partial charge in [-0.2, -0.15) is 0 Å². The predicted molar refractivity (Wildman–Crippen MR) is 133 cm³/mol. The summed E-state index contributed by atoms with van der Waals surface area (Å²) in [6, 6.07) is 11.5. The molecule has 1 fully saturated rings. The number of anilines is 1. The Hall–Kier alpha value is -4.18. The molecule has 0 unspecified atom stereocenters. The van der Waals surface area contributed by atoms with Gasteiger partial charge in [0.05, 0.1) is 36.0 Å². The van der Waals surface area contributed by atoms with Crippen LogP contribution in [-0.4, -0.2) is 62.3 Å². The van der Waals surface area contributed by atoms with Crippen LogP contribution < -0.4 is 15.6 Å². The second kappa shape index (κ2) is 8.55. The van der Waals surface area contributed by atoms with Crippen LogP contribution in [0.25, 0.3) is 27.7 Å². The number of benzene rings is 1. The van der Waals surface area contributed by atoms with Gasteiger partial charge in [-0.05, 0) is 24.3 Å². The summed E-state index contributed by atoms with van der Waals surface area (Å²) in [5, 5.41) is 3.33. The van der Waals surface area contributed by atoms with Crippen LogP contribution >= 0.6 is 0 Å². The van der Waals surface area contributed by atoms with Crippen molar-refractivity contribution in [3.63, 3.8) is 0 Å². The Morgan fingerprint density at radius 3 is 2.69 bits per heavy atom. The Morgan fingerprint density at radius 2 is 1.91 bits per heavy atom. The summed E-state index contributed by atoms with van der Waals surface area (Å²) in [4.78, 5) is 38.2. The second-order valence-electron chi connectivity index (χ2n) is 8.61. The fourth-order valence-corrected chi connectivity index (χ4v) is 4.81. The molecule has 1 N–H and O–H groups in total. The first kappa shape index (κ1) is 21.4. The van der Waals surface area contributed by atoms with Gasteiger partial charge in [-0.1, -0.05) is 12.1 Å². The molecule has 1 amide bonds. The SMILES string of the molecule is Cn1c2ccccc2n2c3nc(N4CCOCC4)ccc3c(=O)c(C(=O)NCCn3ccnc3)c12. The number of nitrogens with one attached hydrogen (secondary N) is 1. The fraction of sp³-hybridized carbons (Fsp3) is 0.280. The minimum absolute atomic E-state index is 0.114. The highest BCUT2D eigenvalue weighted by Gasteiger charge is 2.25. The zero-order valence-corrected chi connectivity index (χ0v) is 19.3. The van der Waals surface area contributed by atoms with E-state index in [4.69, 9.17) is 9.72 Å². The molecule has 1 aliphatic rings. The molecule has 35 heavy (non-hydrogen) atoms. The van der Waals surface area contributed by atoms with Crippen LogP contribution in [0.1, 0.15) is 10.4 Å². The highest BCUT2D eigenvalue weighted by atomic mass is 16.5. The van der Waals surface area contributed by atoms with Crippen LogP contribution in [0.4, 0.5) is 5.82 Å². The molecule has 178 valence electrons. The Balaban J connectivity index is 1.54. The Morgan fingerprint density at radius 1 is 1.11 bits per heavy atom. The highest BCUT2D eigenvalue weighted by molar-refractivity contribution is 6.05. The average Bonchev–Trinajstić information content (AvgIpc) is 3.51. The smallest absolute Gasteiger partial charge is 0.259 e. The van der Waals surface area contributed by atoms with Gasteiger partial charge in [0.1, 0.15) is 17.0 Å². The number of rotatable bonds is 5. The molecule has 0 saturated carbocycles. The van der Waals surface area contributed by atoms with E-state index in [0.717, 1.165) is 29.9 Å². The van der Waals surface area contributed by atoms with E-state index in [1.54, 1.807) is 18.6 Å². The summed E-state index contributed by atoms with van der Waals surface area (Å²) in [5.74, 6) is 0.386. The van der Waals surface area contributed by atoms with E-state index < -0.39 is 5.91 Å². The number of imidazole rings is 2. The number of ether oxygens (including phenoxy) is 1. The van der Waals surface area contributed by atoms with Crippen LogP contribution in [0.2, 0.25) is 0 Å². The third kappa shape index (κ3) is 3.53. The van der Waals surface area contributed by atoms with Crippen LogP contribution in [0.5, 0.6) is 0 Å². The molecule has 0 radical (unpaired) electrons. The minimum atomic E-state index is -0.405. The first-order valence-corrected chi connectivity index (χ1v) is 11.6. The first-order chi connectivity index (χ1) is 17.1. The van der Waals surface area contributed by atoms with Gasteiger partial charge in [0.2, 0.25) is 5.43 Å². The number of hydrogen-bond donors (Lipinski definition) is 1. The van der Waals surface area contributed by atoms with Crippen molar-refractivity contribution in [3.8, 4) is 0 Å². The van der Waals surface area contributed by atoms with E-state index >= 15 is 0 Å². The lowest BCUT2D eigenvalue weighted by atomic mass is 10.1. The van der Waals surface area contributed by atoms with Crippen LogP contribution in [0.3, 0.4) is 0 Å². The number of morpholine rings is 1. The summed E-state index contributed by atoms with van der Waals surface area (Å²) in [6.07, 6.45) is 5.21. The number of pyridine rings is 2. The number of nitrogens with zero attached hydrogens (tertiary/aromatic N) is 6. The molecule has 1 aliphatic heterocycles. The maximum Gasteiger partial charge on any atom is 0.259 e. The molecule has 5 heterocycles. The third-order valence-electron chi connectivity index (χ3n) is 6.56. The molecule has 10 nitrogen and oxygen atoms in total. The molecule has 0 bridgehead atoms. The minimum Gasteiger partial charge on any atom is -0.378 e. The monoisotopic (exact) mass is 471 g/mol. The standard InChI is InChI=1S/C25H25N7O3/c1-29-18-4-2-3-5-19(18)32-23-17(6-7-20(28-23)31-12-14-35-15-13-31)22(33)21(25(29)32)24(34)27-9-11-30-10-8-26-16-30/h2-8,10,16H,9,11-15H2,1H3,(H,27,34). The number of aromatic nitrogens is 5. The number of carbonyl (C=O) groups excluding carboxylic acids is 1. The Bertz CT molecular complexity index is 1610. The zero-order valence-electron chi connectivity index (χ0n) is 19.3. The molecule has 5 aromatic rings. The molecule has 0 atom stereocenters. The van der Waals surface area contributed by atoms with Gasteiger partial charge in [-0.15, -0.1) is 0 Å². The Labute approximate surface area is 200 Å². The Kier molecular flexibility index (Phi) is 5.22. The molecular weight excluding hydrogens is 446 g/mol. The van der Waals surface area contributed by atoms with E-state index in [9.17, 15) is 9.59 Å². The molecule has 0 spiro atoms. The summed E-state index contributed by atoms with van der Waals surface area (Å²) in [6.45, 7) is 3.69. The maximum absolute atomic E-state index is 13.7. The number of fused-ring (bicyclic) bond motifs is 5. The number of aryl methyl sites for hydroxylation is 1. The number of hydrogen-bond acceptors (Lipinski definition) is 6. The number of para-hydroxylation sites is 2. The molecule has 1 aromatic carbocycles. The van der Waals surface area contributed by atoms with Gasteiger partial charge in [-0.25, -0.2) is 9.97 Å². The normalized spacial score (nSPS) is 14.3. The van der Waals surface area contributed by atoms with Gasteiger partial charge >= 0.3 is 0 Å². The van der Waals surface area contributed by atoms with Crippen molar-refractivity contribution in [1.82, 2.24) is 28.8 Å². The van der Waals surface area contributed by atoms with E-state index in [0.29, 0.717) is 43.0 Å². The van der Waals surface area contributed by atoms with Crippen molar-refractivity contribution in [3.05, 3.63) is 70.9 Å². The summed E-state index contributed by atoms with van der Waals surface area (Å²) >= 11 is 0. The molecule has 6 rings (SSSR count). The largest absolute Gasteiger partial charge is 0.378 e. The van der Waals surface area contributed by atoms with E-state index in [2.05, 4.69) is 15.2 Å². The topological polar surface area (TPSA) is 98.7 Å². The first-order valence-electron chi connectivity index (χ1n) is 11.6. The van der Waals surface area contributed by atoms with Crippen molar-refractivity contribution in [2.45, 2.75) is 6.54 Å². The molecule has 10 heteroatoms. The highest BCUT2D eigenvalue weighted by Crippen LogP contribution is 2.27. The van der Waals surface area contributed by atoms with Crippen LogP contribution in [0, 0.1) is 0 Å². The van der Waals surface area contributed by atoms with Crippen molar-refractivity contribution in [1.29, 1.82) is 0 Å². The lowest BCUT2D eigenvalue weighted by molar-refractivity contribution is 0.0952. The molecule has 4 aromatic heterocycles. The second-order valence-corrected chi connectivity index (χ2v) is 8.61. The van der Waals surface area contributed by atoms with Gasteiger partial charge in [0.15, 0.2) is 5.65 Å². The number of amides is 1. The van der Waals surface area contributed by atoms with E-state index in [-0.39, 0.29) is 11.0 Å². The summed E-state index contributed by atoms with van der Waals surface area (Å²) < 4.78 is 11.2. The van der Waals surface area contributed by atoms with E-state index in [1.807, 2.05) is 57.1 Å². The zero-order chi connectivity index (χ0) is 23.9. The van der Waals surface area contributed by atoms with Crippen molar-refractivity contribution in [2.24, 2.45) is 7.05 Å². The third-order valence-corrected chi connectivity index (χ3v) is 6.56. The fourth-order valence-electron chi connectivity index (χ4n) is 4.81. The lowest BCUT2D eigenvalue weighted by Gasteiger charge is -2.28. The van der Waals surface area contributed by atoms with Crippen LogP contribution in [-0.2, 0) is 18.3 Å². The molecule has 0 aliphatic carbocycles. The van der Waals surface area contributed by atoms with Crippen molar-refractivity contribution in [2.75, 3.05) is 37.7 Å². The van der Waals surface area contributed by atoms with Crippen molar-refractivity contribution < 1.29 is 9.53 Å². The van der Waals surface area contributed by atoms with Gasteiger partial charge in [0.25, 0.3) is 5.91 Å². The van der Waals surface area contributed by atoms with Gasteiger partial charge in [0, 0.05) is 45.6 Å². The number of carbonyl (C=O) groups is 1. The summed E-state index contributed by atoms with van der Waals surface area (Å²) in [7, 11) is 1.87. The molecular formula is C25H25N7O3. The molecule has 1 saturated heterocycles. The van der Waals surface area contributed by atoms with E-state index in [1.165, 1.54) is 0 Å². The van der Waals surface area contributed by atoms with Gasteiger partial charge in [-0.3, -0.25) is 14.0 Å². The maximum atomic E-state index is 13.7. The lowest BCUT2D eigenvalue weighted by Crippen LogP contribution is -2.37. The average molecular weight is 472 g/mol. The quantitative estimate of drug-likeness (QED) is 0.420.